The second-order valence-corrected chi connectivity index (χ2v) is 4.64. The number of carbonyl (C=O) groups is 2. The molecule has 23 heavy (non-hydrogen) atoms. The minimum atomic E-state index is -0.409. The van der Waals surface area contributed by atoms with Crippen molar-refractivity contribution in [3.63, 3.8) is 0 Å². The molecule has 5 heteroatoms. The van der Waals surface area contributed by atoms with Crippen molar-refractivity contribution >= 4 is 17.9 Å². The number of hydrogen-bond donors (Lipinski definition) is 2. The van der Waals surface area contributed by atoms with Crippen LogP contribution < -0.4 is 15.6 Å². The minimum absolute atomic E-state index is 0.394. The van der Waals surface area contributed by atoms with Crippen molar-refractivity contribution in [2.45, 2.75) is 6.92 Å². The van der Waals surface area contributed by atoms with E-state index < -0.39 is 11.8 Å². The maximum absolute atomic E-state index is 11.9. The first-order valence-electron chi connectivity index (χ1n) is 7.25. The number of benzene rings is 2. The van der Waals surface area contributed by atoms with Gasteiger partial charge in [0, 0.05) is 11.6 Å². The van der Waals surface area contributed by atoms with Gasteiger partial charge in [-0.15, -0.1) is 0 Å². The molecule has 0 bridgehead atoms. The summed E-state index contributed by atoms with van der Waals surface area (Å²) < 4.78 is 5.30. The molecule has 0 radical (unpaired) electrons. The summed E-state index contributed by atoms with van der Waals surface area (Å²) in [7, 11) is 0. The fraction of sp³-hybridized carbons (Fsp3) is 0.111. The van der Waals surface area contributed by atoms with Crippen LogP contribution in [0.1, 0.15) is 22.8 Å². The maximum atomic E-state index is 11.9. The molecule has 2 N–H and O–H groups in total. The average Bonchev–Trinajstić information content (AvgIpc) is 2.59. The summed E-state index contributed by atoms with van der Waals surface area (Å²) in [5.74, 6) is -0.110. The lowest BCUT2D eigenvalue weighted by atomic mass is 10.2. The largest absolute Gasteiger partial charge is 0.494 e. The molecule has 2 aromatic carbocycles. The quantitative estimate of drug-likeness (QED) is 0.659. The SMILES string of the molecule is CCOc1ccc(C(=O)NNC(=O)/C=C/c2ccccc2)cc1. The Morgan fingerprint density at radius 3 is 2.35 bits per heavy atom. The fourth-order valence-electron chi connectivity index (χ4n) is 1.84. The number of amides is 2. The van der Waals surface area contributed by atoms with E-state index in [-0.39, 0.29) is 0 Å². The van der Waals surface area contributed by atoms with Crippen molar-refractivity contribution in [1.29, 1.82) is 0 Å². The summed E-state index contributed by atoms with van der Waals surface area (Å²) in [5, 5.41) is 0. The van der Waals surface area contributed by atoms with Gasteiger partial charge in [-0.25, -0.2) is 0 Å². The van der Waals surface area contributed by atoms with Crippen molar-refractivity contribution in [3.8, 4) is 5.75 Å². The third-order valence-electron chi connectivity index (χ3n) is 2.95. The molecular weight excluding hydrogens is 292 g/mol. The normalized spacial score (nSPS) is 10.3. The van der Waals surface area contributed by atoms with Gasteiger partial charge in [0.25, 0.3) is 11.8 Å². The highest BCUT2D eigenvalue weighted by atomic mass is 16.5. The van der Waals surface area contributed by atoms with Crippen LogP contribution in [0.3, 0.4) is 0 Å². The number of nitrogens with one attached hydrogen (secondary N) is 2. The average molecular weight is 310 g/mol. The van der Waals surface area contributed by atoms with Crippen LogP contribution in [-0.4, -0.2) is 18.4 Å². The Labute approximate surface area is 134 Å². The second kappa shape index (κ2) is 8.38. The molecule has 2 rings (SSSR count). The molecule has 118 valence electrons. The monoisotopic (exact) mass is 310 g/mol. The van der Waals surface area contributed by atoms with Gasteiger partial charge in [0.1, 0.15) is 5.75 Å². The molecule has 0 saturated carbocycles. The number of rotatable bonds is 5. The molecule has 0 unspecified atom stereocenters. The van der Waals surface area contributed by atoms with Crippen molar-refractivity contribution in [1.82, 2.24) is 10.9 Å². The lowest BCUT2D eigenvalue weighted by Crippen LogP contribution is -2.40. The van der Waals surface area contributed by atoms with Crippen molar-refractivity contribution < 1.29 is 14.3 Å². The van der Waals surface area contributed by atoms with Gasteiger partial charge in [0.15, 0.2) is 0 Å². The highest BCUT2D eigenvalue weighted by Gasteiger charge is 2.06. The van der Waals surface area contributed by atoms with Crippen LogP contribution in [0, 0.1) is 0 Å². The molecule has 0 atom stereocenters. The van der Waals surface area contributed by atoms with Crippen LogP contribution in [-0.2, 0) is 4.79 Å². The summed E-state index contributed by atoms with van der Waals surface area (Å²) in [4.78, 5) is 23.6. The number of hydrogen-bond acceptors (Lipinski definition) is 3. The van der Waals surface area contributed by atoms with E-state index in [1.54, 1.807) is 30.3 Å². The van der Waals surface area contributed by atoms with E-state index in [0.29, 0.717) is 17.9 Å². The molecule has 0 spiro atoms. The topological polar surface area (TPSA) is 67.4 Å². The van der Waals surface area contributed by atoms with E-state index in [4.69, 9.17) is 4.74 Å². The van der Waals surface area contributed by atoms with Crippen LogP contribution in [0.4, 0.5) is 0 Å². The van der Waals surface area contributed by atoms with E-state index in [0.717, 1.165) is 5.56 Å². The summed E-state index contributed by atoms with van der Waals surface area (Å²) in [6.45, 7) is 2.45. The molecule has 2 aromatic rings. The van der Waals surface area contributed by atoms with Crippen LogP contribution >= 0.6 is 0 Å². The van der Waals surface area contributed by atoms with E-state index >= 15 is 0 Å². The first-order valence-corrected chi connectivity index (χ1v) is 7.25. The van der Waals surface area contributed by atoms with E-state index in [1.807, 2.05) is 37.3 Å². The van der Waals surface area contributed by atoms with Gasteiger partial charge < -0.3 is 4.74 Å². The van der Waals surface area contributed by atoms with Gasteiger partial charge in [-0.1, -0.05) is 30.3 Å². The van der Waals surface area contributed by atoms with Crippen molar-refractivity contribution in [3.05, 3.63) is 71.8 Å². The molecule has 0 aliphatic carbocycles. The number of carbonyl (C=O) groups excluding carboxylic acids is 2. The molecule has 0 aliphatic heterocycles. The highest BCUT2D eigenvalue weighted by Crippen LogP contribution is 2.11. The lowest BCUT2D eigenvalue weighted by molar-refractivity contribution is -0.117. The summed E-state index contributed by atoms with van der Waals surface area (Å²) in [6.07, 6.45) is 3.02. The molecule has 0 fully saturated rings. The van der Waals surface area contributed by atoms with Crippen molar-refractivity contribution in [2.75, 3.05) is 6.61 Å². The third-order valence-corrected chi connectivity index (χ3v) is 2.95. The predicted octanol–water partition coefficient (Wildman–Crippen LogP) is 2.56. The Morgan fingerprint density at radius 2 is 1.70 bits per heavy atom. The van der Waals surface area contributed by atoms with Crippen LogP contribution in [0.2, 0.25) is 0 Å². The van der Waals surface area contributed by atoms with Gasteiger partial charge in [0.05, 0.1) is 6.61 Å². The molecule has 0 aromatic heterocycles. The zero-order valence-electron chi connectivity index (χ0n) is 12.8. The Bertz CT molecular complexity index is 679. The van der Waals surface area contributed by atoms with Crippen molar-refractivity contribution in [2.24, 2.45) is 0 Å². The second-order valence-electron chi connectivity index (χ2n) is 4.64. The predicted molar refractivity (Wildman–Crippen MR) is 88.7 cm³/mol. The zero-order chi connectivity index (χ0) is 16.5. The van der Waals surface area contributed by atoms with Gasteiger partial charge >= 0.3 is 0 Å². The van der Waals surface area contributed by atoms with Gasteiger partial charge in [-0.3, -0.25) is 20.4 Å². The number of hydrazine groups is 1. The first-order chi connectivity index (χ1) is 11.2. The molecule has 0 heterocycles. The summed E-state index contributed by atoms with van der Waals surface area (Å²) in [6, 6.07) is 16.1. The first kappa shape index (κ1) is 16.3. The minimum Gasteiger partial charge on any atom is -0.494 e. The lowest BCUT2D eigenvalue weighted by Gasteiger charge is -2.06. The van der Waals surface area contributed by atoms with E-state index in [9.17, 15) is 9.59 Å². The maximum Gasteiger partial charge on any atom is 0.269 e. The molecule has 0 saturated heterocycles. The molecule has 0 aliphatic rings. The highest BCUT2D eigenvalue weighted by molar-refractivity contribution is 5.97. The Balaban J connectivity index is 1.83. The van der Waals surface area contributed by atoms with Crippen LogP contribution in [0.5, 0.6) is 5.75 Å². The fourth-order valence-corrected chi connectivity index (χ4v) is 1.84. The van der Waals surface area contributed by atoms with Gasteiger partial charge in [0.2, 0.25) is 0 Å². The Morgan fingerprint density at radius 1 is 1.00 bits per heavy atom. The summed E-state index contributed by atoms with van der Waals surface area (Å²) >= 11 is 0. The number of ether oxygens (including phenoxy) is 1. The molecule has 2 amide bonds. The van der Waals surface area contributed by atoms with Gasteiger partial charge in [-0.2, -0.15) is 0 Å². The molecular formula is C18H18N2O3. The van der Waals surface area contributed by atoms with Crippen LogP contribution in [0.15, 0.2) is 60.7 Å². The van der Waals surface area contributed by atoms with E-state index in [1.165, 1.54) is 6.08 Å². The third kappa shape index (κ3) is 5.32. The van der Waals surface area contributed by atoms with E-state index in [2.05, 4.69) is 10.9 Å². The molecule has 5 nitrogen and oxygen atoms in total. The summed E-state index contributed by atoms with van der Waals surface area (Å²) in [5.41, 5.74) is 6.02. The standard InChI is InChI=1S/C18H18N2O3/c1-2-23-16-11-9-15(10-12-16)18(22)20-19-17(21)13-8-14-6-4-3-5-7-14/h3-13H,2H2,1H3,(H,19,21)(H,20,22)/b13-8+. The zero-order valence-corrected chi connectivity index (χ0v) is 12.8. The Hall–Kier alpha value is -3.08. The van der Waals surface area contributed by atoms with Crippen LogP contribution in [0.25, 0.3) is 6.08 Å². The Kier molecular flexibility index (Phi) is 5.94. The van der Waals surface area contributed by atoms with Gasteiger partial charge in [-0.05, 0) is 42.8 Å². The smallest absolute Gasteiger partial charge is 0.269 e.